The highest BCUT2D eigenvalue weighted by atomic mass is 79.9. The summed E-state index contributed by atoms with van der Waals surface area (Å²) in [6.07, 6.45) is 0. The average molecular weight is 424 g/mol. The van der Waals surface area contributed by atoms with Gasteiger partial charge < -0.3 is 10.1 Å². The Labute approximate surface area is 157 Å². The van der Waals surface area contributed by atoms with Crippen LogP contribution in [-0.4, -0.2) is 17.6 Å². The second-order valence-corrected chi connectivity index (χ2v) is 7.39. The van der Waals surface area contributed by atoms with Gasteiger partial charge in [0.05, 0.1) is 5.56 Å². The Bertz CT molecular complexity index is 810. The predicted octanol–water partition coefficient (Wildman–Crippen LogP) is 3.89. The molecule has 0 aliphatic carbocycles. The molecule has 1 aromatic carbocycles. The van der Waals surface area contributed by atoms with Crippen LogP contribution in [-0.2, 0) is 4.79 Å². The van der Waals surface area contributed by atoms with Gasteiger partial charge in [0.1, 0.15) is 16.8 Å². The number of carbonyl (C=O) groups excluding carboxylic acids is 1. The van der Waals surface area contributed by atoms with E-state index in [1.54, 1.807) is 12.1 Å². The summed E-state index contributed by atoms with van der Waals surface area (Å²) in [4.78, 5) is 12.9. The molecule has 1 amide bonds. The number of amides is 1. The first-order chi connectivity index (χ1) is 11.4. The quantitative estimate of drug-likeness (QED) is 0.729. The first-order valence-electron chi connectivity index (χ1n) is 6.90. The number of halogens is 1. The lowest BCUT2D eigenvalue weighted by Crippen LogP contribution is -2.37. The molecule has 1 aromatic heterocycles. The van der Waals surface area contributed by atoms with Crippen LogP contribution in [0.2, 0.25) is 0 Å². The van der Waals surface area contributed by atoms with Gasteiger partial charge in [-0.1, -0.05) is 15.9 Å². The molecule has 2 N–H and O–H groups in total. The summed E-state index contributed by atoms with van der Waals surface area (Å²) >= 11 is 9.86. The first-order valence-corrected chi connectivity index (χ1v) is 8.91. The fraction of sp³-hybridized carbons (Fsp3) is 0.188. The standard InChI is InChI=1S/C16H14BrN3O2S2/c1-9-10(2)24-15(13(9)7-18)20-16(23)19-14(21)8-22-12-5-3-11(17)4-6-12/h3-6H,8H2,1-2H3,(H2,19,20,21,23). The number of hydrogen-bond donors (Lipinski definition) is 2. The van der Waals surface area contributed by atoms with E-state index in [-0.39, 0.29) is 17.6 Å². The minimum atomic E-state index is -0.376. The highest BCUT2D eigenvalue weighted by Crippen LogP contribution is 2.31. The summed E-state index contributed by atoms with van der Waals surface area (Å²) < 4.78 is 6.30. The molecule has 1 heterocycles. The van der Waals surface area contributed by atoms with Crippen molar-refractivity contribution in [3.63, 3.8) is 0 Å². The van der Waals surface area contributed by atoms with Crippen LogP contribution in [0.15, 0.2) is 28.7 Å². The van der Waals surface area contributed by atoms with Crippen molar-refractivity contribution in [3.05, 3.63) is 44.7 Å². The van der Waals surface area contributed by atoms with Crippen molar-refractivity contribution in [2.45, 2.75) is 13.8 Å². The third kappa shape index (κ3) is 4.77. The van der Waals surface area contributed by atoms with Gasteiger partial charge in [-0.3, -0.25) is 10.1 Å². The van der Waals surface area contributed by atoms with E-state index in [9.17, 15) is 10.1 Å². The van der Waals surface area contributed by atoms with Crippen LogP contribution in [0.4, 0.5) is 5.00 Å². The second kappa shape index (κ2) is 8.24. The molecule has 2 aromatic rings. The third-order valence-electron chi connectivity index (χ3n) is 3.16. The van der Waals surface area contributed by atoms with E-state index in [0.717, 1.165) is 14.9 Å². The van der Waals surface area contributed by atoms with Gasteiger partial charge in [-0.2, -0.15) is 5.26 Å². The number of nitrogens with zero attached hydrogens (tertiary/aromatic N) is 1. The number of carbonyl (C=O) groups is 1. The van der Waals surface area contributed by atoms with Crippen molar-refractivity contribution in [2.24, 2.45) is 0 Å². The van der Waals surface area contributed by atoms with Crippen LogP contribution >= 0.6 is 39.5 Å². The number of benzene rings is 1. The van der Waals surface area contributed by atoms with Gasteiger partial charge in [0, 0.05) is 9.35 Å². The molecule has 0 spiro atoms. The predicted molar refractivity (Wildman–Crippen MR) is 103 cm³/mol. The Balaban J connectivity index is 1.88. The third-order valence-corrected chi connectivity index (χ3v) is 5.02. The lowest BCUT2D eigenvalue weighted by molar-refractivity contribution is -0.121. The van der Waals surface area contributed by atoms with Crippen LogP contribution in [0.3, 0.4) is 0 Å². The zero-order valence-electron chi connectivity index (χ0n) is 13.0. The Morgan fingerprint density at radius 3 is 2.67 bits per heavy atom. The maximum absolute atomic E-state index is 11.9. The number of anilines is 1. The van der Waals surface area contributed by atoms with Gasteiger partial charge in [-0.05, 0) is 55.9 Å². The molecule has 0 aliphatic rings. The molecule has 0 radical (unpaired) electrons. The van der Waals surface area contributed by atoms with E-state index < -0.39 is 0 Å². The molecule has 0 unspecified atom stereocenters. The van der Waals surface area contributed by atoms with Crippen LogP contribution in [0.25, 0.3) is 0 Å². The van der Waals surface area contributed by atoms with Crippen LogP contribution in [0.5, 0.6) is 5.75 Å². The zero-order chi connectivity index (χ0) is 17.7. The maximum Gasteiger partial charge on any atom is 0.264 e. The molecule has 0 bridgehead atoms. The Morgan fingerprint density at radius 2 is 2.04 bits per heavy atom. The Hall–Kier alpha value is -1.95. The monoisotopic (exact) mass is 423 g/mol. The van der Waals surface area contributed by atoms with Crippen molar-refractivity contribution in [3.8, 4) is 11.8 Å². The van der Waals surface area contributed by atoms with Gasteiger partial charge >= 0.3 is 0 Å². The van der Waals surface area contributed by atoms with Gasteiger partial charge in [0.15, 0.2) is 11.7 Å². The molecular weight excluding hydrogens is 410 g/mol. The van der Waals surface area contributed by atoms with Gasteiger partial charge in [-0.25, -0.2) is 0 Å². The van der Waals surface area contributed by atoms with E-state index >= 15 is 0 Å². The molecule has 0 saturated heterocycles. The smallest absolute Gasteiger partial charge is 0.264 e. The largest absolute Gasteiger partial charge is 0.484 e. The fourth-order valence-corrected chi connectivity index (χ4v) is 3.39. The number of rotatable bonds is 4. The normalized spacial score (nSPS) is 9.92. The molecule has 24 heavy (non-hydrogen) atoms. The zero-order valence-corrected chi connectivity index (χ0v) is 16.2. The minimum absolute atomic E-state index is 0.136. The summed E-state index contributed by atoms with van der Waals surface area (Å²) in [5, 5.41) is 15.4. The van der Waals surface area contributed by atoms with Crippen LogP contribution in [0.1, 0.15) is 16.0 Å². The molecule has 0 fully saturated rings. The number of hydrogen-bond acceptors (Lipinski definition) is 5. The summed E-state index contributed by atoms with van der Waals surface area (Å²) in [6.45, 7) is 3.65. The topological polar surface area (TPSA) is 74.2 Å². The fourth-order valence-electron chi connectivity index (χ4n) is 1.83. The first kappa shape index (κ1) is 18.4. The summed E-state index contributed by atoms with van der Waals surface area (Å²) in [6, 6.07) is 9.30. The Morgan fingerprint density at radius 1 is 1.38 bits per heavy atom. The van der Waals surface area contributed by atoms with Crippen molar-refractivity contribution < 1.29 is 9.53 Å². The average Bonchev–Trinajstić information content (AvgIpc) is 2.80. The molecule has 0 aliphatic heterocycles. The van der Waals surface area contributed by atoms with Gasteiger partial charge in [0.25, 0.3) is 5.91 Å². The molecule has 0 atom stereocenters. The van der Waals surface area contributed by atoms with E-state index in [1.807, 2.05) is 26.0 Å². The number of aryl methyl sites for hydroxylation is 1. The number of thiocarbonyl (C=S) groups is 1. The summed E-state index contributed by atoms with van der Waals surface area (Å²) in [7, 11) is 0. The summed E-state index contributed by atoms with van der Waals surface area (Å²) in [5.41, 5.74) is 1.46. The van der Waals surface area contributed by atoms with Crippen molar-refractivity contribution in [1.82, 2.24) is 5.32 Å². The number of ether oxygens (including phenoxy) is 1. The van der Waals surface area contributed by atoms with Crippen LogP contribution < -0.4 is 15.4 Å². The minimum Gasteiger partial charge on any atom is -0.484 e. The van der Waals surface area contributed by atoms with Crippen LogP contribution in [0, 0.1) is 25.2 Å². The van der Waals surface area contributed by atoms with E-state index in [4.69, 9.17) is 17.0 Å². The number of thiophene rings is 1. The van der Waals surface area contributed by atoms with Gasteiger partial charge in [-0.15, -0.1) is 11.3 Å². The van der Waals surface area contributed by atoms with Crippen molar-refractivity contribution in [1.29, 1.82) is 5.26 Å². The number of nitriles is 1. The molecule has 5 nitrogen and oxygen atoms in total. The highest BCUT2D eigenvalue weighted by Gasteiger charge is 2.14. The Kier molecular flexibility index (Phi) is 6.31. The van der Waals surface area contributed by atoms with Crippen molar-refractivity contribution >= 4 is 55.5 Å². The molecule has 0 saturated carbocycles. The second-order valence-electron chi connectivity index (χ2n) is 4.84. The molecule has 124 valence electrons. The highest BCUT2D eigenvalue weighted by molar-refractivity contribution is 9.10. The molecular formula is C16H14BrN3O2S2. The maximum atomic E-state index is 11.9. The SMILES string of the molecule is Cc1sc(NC(=S)NC(=O)COc2ccc(Br)cc2)c(C#N)c1C. The molecule has 2 rings (SSSR count). The van der Waals surface area contributed by atoms with E-state index in [0.29, 0.717) is 16.3 Å². The lowest BCUT2D eigenvalue weighted by atomic mass is 10.2. The van der Waals surface area contributed by atoms with E-state index in [1.165, 1.54) is 11.3 Å². The summed E-state index contributed by atoms with van der Waals surface area (Å²) in [5.74, 6) is 0.211. The number of nitrogens with one attached hydrogen (secondary N) is 2. The molecule has 8 heteroatoms. The lowest BCUT2D eigenvalue weighted by Gasteiger charge is -2.09. The van der Waals surface area contributed by atoms with E-state index in [2.05, 4.69) is 32.6 Å². The van der Waals surface area contributed by atoms with Gasteiger partial charge in [0.2, 0.25) is 0 Å². The van der Waals surface area contributed by atoms with Crippen molar-refractivity contribution in [2.75, 3.05) is 11.9 Å².